The summed E-state index contributed by atoms with van der Waals surface area (Å²) < 4.78 is 59.5. The van der Waals surface area contributed by atoms with Crippen molar-refractivity contribution in [2.24, 2.45) is 0 Å². The van der Waals surface area contributed by atoms with E-state index in [0.717, 1.165) is 20.8 Å². The average molecular weight is 508 g/mol. The third-order valence-electron chi connectivity index (χ3n) is 6.18. The zero-order chi connectivity index (χ0) is 24.7. The van der Waals surface area contributed by atoms with E-state index in [1.54, 1.807) is 24.3 Å². The Kier molecular flexibility index (Phi) is 6.17. The van der Waals surface area contributed by atoms with Gasteiger partial charge < -0.3 is 10.1 Å². The summed E-state index contributed by atoms with van der Waals surface area (Å²) >= 11 is 0. The SMILES string of the molecule is CN(C)S(=O)(=O)c1cccc(S(=O)(=O)C23CC(=O)NC2CCN3C(=O)OCc2ccccc2)c1. The van der Waals surface area contributed by atoms with Gasteiger partial charge in [-0.3, -0.25) is 9.69 Å². The van der Waals surface area contributed by atoms with Gasteiger partial charge in [0.1, 0.15) is 6.61 Å². The zero-order valence-electron chi connectivity index (χ0n) is 18.7. The van der Waals surface area contributed by atoms with Crippen LogP contribution in [0.3, 0.4) is 0 Å². The summed E-state index contributed by atoms with van der Waals surface area (Å²) in [4.78, 5) is 24.1. The summed E-state index contributed by atoms with van der Waals surface area (Å²) in [7, 11) is -5.62. The van der Waals surface area contributed by atoms with Crippen molar-refractivity contribution in [3.8, 4) is 0 Å². The lowest BCUT2D eigenvalue weighted by molar-refractivity contribution is -0.119. The number of sulfonamides is 1. The number of ether oxygens (including phenoxy) is 1. The van der Waals surface area contributed by atoms with Crippen LogP contribution in [0.2, 0.25) is 0 Å². The molecule has 2 aromatic rings. The second-order valence-electron chi connectivity index (χ2n) is 8.39. The number of carbonyl (C=O) groups is 2. The molecule has 2 amide bonds. The first-order valence-corrected chi connectivity index (χ1v) is 13.5. The number of fused-ring (bicyclic) bond motifs is 1. The normalized spacial score (nSPS) is 22.5. The van der Waals surface area contributed by atoms with Crippen molar-refractivity contribution in [1.29, 1.82) is 0 Å². The van der Waals surface area contributed by atoms with Gasteiger partial charge in [0.15, 0.2) is 4.87 Å². The van der Waals surface area contributed by atoms with Crippen molar-refractivity contribution in [1.82, 2.24) is 14.5 Å². The van der Waals surface area contributed by atoms with Crippen LogP contribution in [0.5, 0.6) is 0 Å². The first-order chi connectivity index (χ1) is 16.0. The largest absolute Gasteiger partial charge is 0.445 e. The number of sulfone groups is 1. The van der Waals surface area contributed by atoms with Gasteiger partial charge in [-0.2, -0.15) is 0 Å². The van der Waals surface area contributed by atoms with E-state index in [2.05, 4.69) is 5.32 Å². The minimum Gasteiger partial charge on any atom is -0.445 e. The molecule has 2 unspecified atom stereocenters. The fourth-order valence-electron chi connectivity index (χ4n) is 4.43. The number of nitrogens with zero attached hydrogens (tertiary/aromatic N) is 2. The molecule has 0 aliphatic carbocycles. The molecule has 2 aliphatic heterocycles. The maximum atomic E-state index is 14.0. The van der Waals surface area contributed by atoms with Gasteiger partial charge in [-0.1, -0.05) is 36.4 Å². The predicted octanol–water partition coefficient (Wildman–Crippen LogP) is 1.34. The molecule has 0 aromatic heterocycles. The standard InChI is InChI=1S/C22H25N3O7S2/c1-24(2)34(30,31)18-10-6-9-17(13-18)33(28,29)22-14-20(26)23-19(22)11-12-25(22)21(27)32-15-16-7-4-3-5-8-16/h3-10,13,19H,11-12,14-15H2,1-2H3,(H,23,26). The first kappa shape index (κ1) is 24.2. The van der Waals surface area contributed by atoms with Crippen LogP contribution in [-0.2, 0) is 36.0 Å². The lowest BCUT2D eigenvalue weighted by atomic mass is 10.1. The summed E-state index contributed by atoms with van der Waals surface area (Å²) in [6.45, 7) is 0.00237. The molecule has 34 heavy (non-hydrogen) atoms. The van der Waals surface area contributed by atoms with Crippen molar-refractivity contribution >= 4 is 31.9 Å². The highest BCUT2D eigenvalue weighted by Gasteiger charge is 2.65. The molecule has 2 aromatic carbocycles. The number of amides is 2. The Hall–Kier alpha value is -2.96. The highest BCUT2D eigenvalue weighted by atomic mass is 32.2. The van der Waals surface area contributed by atoms with E-state index in [4.69, 9.17) is 4.74 Å². The molecule has 10 nitrogen and oxygen atoms in total. The van der Waals surface area contributed by atoms with E-state index in [-0.39, 0.29) is 29.4 Å². The molecule has 0 bridgehead atoms. The van der Waals surface area contributed by atoms with Crippen molar-refractivity contribution in [3.05, 3.63) is 60.2 Å². The van der Waals surface area contributed by atoms with E-state index >= 15 is 0 Å². The van der Waals surface area contributed by atoms with E-state index in [1.807, 2.05) is 6.07 Å². The van der Waals surface area contributed by atoms with Crippen LogP contribution in [0.15, 0.2) is 64.4 Å². The number of likely N-dealkylation sites (tertiary alicyclic amines) is 1. The minimum absolute atomic E-state index is 0.0606. The highest BCUT2D eigenvalue weighted by molar-refractivity contribution is 7.93. The summed E-state index contributed by atoms with van der Waals surface area (Å²) in [6, 6.07) is 13.0. The van der Waals surface area contributed by atoms with Crippen molar-refractivity contribution in [2.75, 3.05) is 20.6 Å². The van der Waals surface area contributed by atoms with Gasteiger partial charge in [0.25, 0.3) is 0 Å². The predicted molar refractivity (Wildman–Crippen MR) is 122 cm³/mol. The molecule has 1 N–H and O–H groups in total. The molecule has 2 atom stereocenters. The molecule has 12 heteroatoms. The number of nitrogens with one attached hydrogen (secondary N) is 1. The maximum Gasteiger partial charge on any atom is 0.411 e. The lowest BCUT2D eigenvalue weighted by Crippen LogP contribution is -2.57. The summed E-state index contributed by atoms with van der Waals surface area (Å²) in [5, 5.41) is 2.66. The Morgan fingerprint density at radius 2 is 1.76 bits per heavy atom. The zero-order valence-corrected chi connectivity index (χ0v) is 20.3. The van der Waals surface area contributed by atoms with Gasteiger partial charge in [-0.05, 0) is 30.2 Å². The van der Waals surface area contributed by atoms with Crippen LogP contribution in [0.1, 0.15) is 18.4 Å². The number of carbonyl (C=O) groups excluding carboxylic acids is 2. The Labute approximate surface area is 198 Å². The molecule has 4 rings (SSSR count). The molecular weight excluding hydrogens is 482 g/mol. The van der Waals surface area contributed by atoms with Gasteiger partial charge in [0.2, 0.25) is 25.8 Å². The number of rotatable bonds is 6. The first-order valence-electron chi connectivity index (χ1n) is 10.5. The molecule has 2 heterocycles. The summed E-state index contributed by atoms with van der Waals surface area (Å²) in [5.41, 5.74) is 0.728. The summed E-state index contributed by atoms with van der Waals surface area (Å²) in [6.07, 6.45) is -1.10. The molecule has 0 spiro atoms. The van der Waals surface area contributed by atoms with Crippen LogP contribution in [0, 0.1) is 0 Å². The average Bonchev–Trinajstić information content (AvgIpc) is 3.33. The Balaban J connectivity index is 1.73. The number of hydrogen-bond acceptors (Lipinski definition) is 7. The lowest BCUT2D eigenvalue weighted by Gasteiger charge is -2.35. The van der Waals surface area contributed by atoms with Crippen molar-refractivity contribution in [2.45, 2.75) is 40.2 Å². The Morgan fingerprint density at radius 3 is 2.44 bits per heavy atom. The van der Waals surface area contributed by atoms with Gasteiger partial charge >= 0.3 is 6.09 Å². The number of benzene rings is 2. The van der Waals surface area contributed by atoms with E-state index in [1.165, 1.54) is 32.3 Å². The second kappa shape index (κ2) is 8.67. The monoisotopic (exact) mass is 507 g/mol. The van der Waals surface area contributed by atoms with Gasteiger partial charge in [-0.15, -0.1) is 0 Å². The van der Waals surface area contributed by atoms with Crippen LogP contribution in [0.4, 0.5) is 4.79 Å². The van der Waals surface area contributed by atoms with Crippen LogP contribution in [0.25, 0.3) is 0 Å². The van der Waals surface area contributed by atoms with Crippen LogP contribution in [-0.4, -0.2) is 69.6 Å². The van der Waals surface area contributed by atoms with E-state index < -0.39 is 49.2 Å². The fraction of sp³-hybridized carbons (Fsp3) is 0.364. The molecule has 0 radical (unpaired) electrons. The maximum absolute atomic E-state index is 14.0. The fourth-order valence-corrected chi connectivity index (χ4v) is 7.73. The summed E-state index contributed by atoms with van der Waals surface area (Å²) in [5.74, 6) is -0.508. The highest BCUT2D eigenvalue weighted by Crippen LogP contribution is 2.45. The molecule has 2 aliphatic rings. The van der Waals surface area contributed by atoms with E-state index in [9.17, 15) is 26.4 Å². The topological polar surface area (TPSA) is 130 Å². The number of hydrogen-bond donors (Lipinski definition) is 1. The van der Waals surface area contributed by atoms with Crippen molar-refractivity contribution in [3.63, 3.8) is 0 Å². The molecule has 182 valence electrons. The van der Waals surface area contributed by atoms with Gasteiger partial charge in [0, 0.05) is 20.6 Å². The van der Waals surface area contributed by atoms with Crippen LogP contribution >= 0.6 is 0 Å². The van der Waals surface area contributed by atoms with E-state index in [0.29, 0.717) is 0 Å². The molecule has 2 saturated heterocycles. The third-order valence-corrected chi connectivity index (χ3v) is 10.4. The molecule has 2 fully saturated rings. The third kappa shape index (κ3) is 3.85. The van der Waals surface area contributed by atoms with Gasteiger partial charge in [-0.25, -0.2) is 25.9 Å². The molecular formula is C22H25N3O7S2. The smallest absolute Gasteiger partial charge is 0.411 e. The minimum atomic E-state index is -4.40. The van der Waals surface area contributed by atoms with Crippen molar-refractivity contribution < 1.29 is 31.2 Å². The second-order valence-corrected chi connectivity index (χ2v) is 12.7. The Morgan fingerprint density at radius 1 is 1.09 bits per heavy atom. The van der Waals surface area contributed by atoms with Crippen LogP contribution < -0.4 is 5.32 Å². The molecule has 0 saturated carbocycles. The quantitative estimate of drug-likeness (QED) is 0.624. The van der Waals surface area contributed by atoms with Gasteiger partial charge in [0.05, 0.1) is 22.3 Å². The Bertz CT molecular complexity index is 1330.